The SMILES string of the molecule is C=CN=C/C=C(/I)C=C. The zero-order valence-electron chi connectivity index (χ0n) is 5.05. The molecule has 0 aliphatic rings. The molecule has 48 valence electrons. The van der Waals surface area contributed by atoms with Crippen LogP contribution in [0.1, 0.15) is 0 Å². The van der Waals surface area contributed by atoms with Gasteiger partial charge in [0, 0.05) is 16.0 Å². The number of rotatable bonds is 3. The topological polar surface area (TPSA) is 12.4 Å². The van der Waals surface area contributed by atoms with Crippen molar-refractivity contribution in [2.75, 3.05) is 0 Å². The number of hydrogen-bond donors (Lipinski definition) is 0. The van der Waals surface area contributed by atoms with Gasteiger partial charge in [0.1, 0.15) is 0 Å². The Morgan fingerprint density at radius 3 is 2.56 bits per heavy atom. The van der Waals surface area contributed by atoms with Crippen molar-refractivity contribution in [2.24, 2.45) is 4.99 Å². The molecule has 0 unspecified atom stereocenters. The Morgan fingerprint density at radius 2 is 2.11 bits per heavy atom. The lowest BCUT2D eigenvalue weighted by Crippen LogP contribution is -1.63. The number of halogens is 1. The quantitative estimate of drug-likeness (QED) is 0.403. The molecule has 0 spiro atoms. The zero-order valence-corrected chi connectivity index (χ0v) is 7.21. The Kier molecular flexibility index (Phi) is 5.51. The summed E-state index contributed by atoms with van der Waals surface area (Å²) < 4.78 is 1.07. The summed E-state index contributed by atoms with van der Waals surface area (Å²) in [5, 5.41) is 0. The monoisotopic (exact) mass is 233 g/mol. The number of hydrogen-bond acceptors (Lipinski definition) is 1. The van der Waals surface area contributed by atoms with Gasteiger partial charge < -0.3 is 0 Å². The fourth-order valence-corrected chi connectivity index (χ4v) is 0.404. The molecule has 0 aliphatic carbocycles. The zero-order chi connectivity index (χ0) is 7.11. The van der Waals surface area contributed by atoms with E-state index in [1.165, 1.54) is 6.20 Å². The molecule has 0 aromatic rings. The van der Waals surface area contributed by atoms with Crippen LogP contribution in [-0.4, -0.2) is 6.21 Å². The van der Waals surface area contributed by atoms with Crippen molar-refractivity contribution in [3.8, 4) is 0 Å². The van der Waals surface area contributed by atoms with Gasteiger partial charge in [-0.2, -0.15) is 0 Å². The molecular formula is C7H8IN. The van der Waals surface area contributed by atoms with Crippen LogP contribution >= 0.6 is 22.6 Å². The van der Waals surface area contributed by atoms with E-state index in [-0.39, 0.29) is 0 Å². The highest BCUT2D eigenvalue weighted by atomic mass is 127. The van der Waals surface area contributed by atoms with E-state index in [1.54, 1.807) is 12.3 Å². The molecule has 9 heavy (non-hydrogen) atoms. The van der Waals surface area contributed by atoms with E-state index in [4.69, 9.17) is 0 Å². The van der Waals surface area contributed by atoms with Gasteiger partial charge in [-0.3, -0.25) is 4.99 Å². The summed E-state index contributed by atoms with van der Waals surface area (Å²) in [5.41, 5.74) is 0. The van der Waals surface area contributed by atoms with E-state index < -0.39 is 0 Å². The summed E-state index contributed by atoms with van der Waals surface area (Å²) in [6.45, 7) is 7.00. The first-order valence-corrected chi connectivity index (χ1v) is 3.51. The fraction of sp³-hybridized carbons (Fsp3) is 0. The van der Waals surface area contributed by atoms with Gasteiger partial charge in [-0.1, -0.05) is 19.2 Å². The first-order chi connectivity index (χ1) is 4.31. The van der Waals surface area contributed by atoms with Gasteiger partial charge in [-0.25, -0.2) is 0 Å². The van der Waals surface area contributed by atoms with Gasteiger partial charge in [0.15, 0.2) is 0 Å². The number of aliphatic imine (C=N–C) groups is 1. The smallest absolute Gasteiger partial charge is 0.0278 e. The largest absolute Gasteiger partial charge is 0.265 e. The lowest BCUT2D eigenvalue weighted by molar-refractivity contribution is 1.63. The summed E-state index contributed by atoms with van der Waals surface area (Å²) in [6, 6.07) is 0. The van der Waals surface area contributed by atoms with Crippen molar-refractivity contribution in [3.05, 3.63) is 35.1 Å². The average molecular weight is 233 g/mol. The first kappa shape index (κ1) is 8.62. The van der Waals surface area contributed by atoms with Crippen molar-refractivity contribution in [1.29, 1.82) is 0 Å². The van der Waals surface area contributed by atoms with Gasteiger partial charge in [-0.15, -0.1) is 0 Å². The maximum absolute atomic E-state index is 3.77. The summed E-state index contributed by atoms with van der Waals surface area (Å²) >= 11 is 2.16. The normalized spacial score (nSPS) is 11.9. The van der Waals surface area contributed by atoms with Crippen LogP contribution in [0.25, 0.3) is 0 Å². The molecular weight excluding hydrogens is 225 g/mol. The van der Waals surface area contributed by atoms with E-state index in [2.05, 4.69) is 40.7 Å². The summed E-state index contributed by atoms with van der Waals surface area (Å²) in [4.78, 5) is 3.77. The summed E-state index contributed by atoms with van der Waals surface area (Å²) in [5.74, 6) is 0. The second kappa shape index (κ2) is 5.75. The lowest BCUT2D eigenvalue weighted by atomic mass is 10.5. The van der Waals surface area contributed by atoms with E-state index >= 15 is 0 Å². The molecule has 1 nitrogen and oxygen atoms in total. The second-order valence-electron chi connectivity index (χ2n) is 1.24. The Bertz CT molecular complexity index is 156. The molecule has 0 radical (unpaired) electrons. The molecule has 0 atom stereocenters. The second-order valence-corrected chi connectivity index (χ2v) is 2.48. The van der Waals surface area contributed by atoms with Crippen LogP contribution in [0, 0.1) is 0 Å². The van der Waals surface area contributed by atoms with Gasteiger partial charge in [0.2, 0.25) is 0 Å². The van der Waals surface area contributed by atoms with Crippen LogP contribution in [0.3, 0.4) is 0 Å². The Hall–Kier alpha value is -0.380. The minimum Gasteiger partial charge on any atom is -0.265 e. The van der Waals surface area contributed by atoms with Crippen LogP contribution in [0.2, 0.25) is 0 Å². The molecule has 0 fully saturated rings. The average Bonchev–Trinajstić information content (AvgIpc) is 1.89. The minimum absolute atomic E-state index is 1.07. The molecule has 0 N–H and O–H groups in total. The standard InChI is InChI=1S/C7H8IN/c1-3-7(8)5-6-9-4-2/h3-6H,1-2H2/b7-5+,9-6?. The Balaban J connectivity index is 3.81. The van der Waals surface area contributed by atoms with E-state index in [0.29, 0.717) is 0 Å². The van der Waals surface area contributed by atoms with Crippen LogP contribution in [0.5, 0.6) is 0 Å². The molecule has 0 aromatic carbocycles. The molecule has 0 aliphatic heterocycles. The molecule has 0 saturated heterocycles. The Morgan fingerprint density at radius 1 is 1.44 bits per heavy atom. The van der Waals surface area contributed by atoms with Crippen LogP contribution in [-0.2, 0) is 0 Å². The molecule has 0 rings (SSSR count). The third kappa shape index (κ3) is 5.49. The maximum atomic E-state index is 3.77. The molecule has 2 heteroatoms. The number of nitrogens with zero attached hydrogens (tertiary/aromatic N) is 1. The van der Waals surface area contributed by atoms with E-state index in [1.807, 2.05) is 6.08 Å². The first-order valence-electron chi connectivity index (χ1n) is 2.43. The van der Waals surface area contributed by atoms with Gasteiger partial charge in [-0.05, 0) is 28.7 Å². The summed E-state index contributed by atoms with van der Waals surface area (Å²) in [6.07, 6.45) is 6.78. The number of allylic oxidation sites excluding steroid dienone is 3. The van der Waals surface area contributed by atoms with Crippen molar-refractivity contribution in [1.82, 2.24) is 0 Å². The third-order valence-electron chi connectivity index (χ3n) is 0.620. The highest BCUT2D eigenvalue weighted by Crippen LogP contribution is 2.03. The third-order valence-corrected chi connectivity index (χ3v) is 1.42. The maximum Gasteiger partial charge on any atom is 0.0278 e. The predicted octanol–water partition coefficient (Wildman–Crippen LogP) is 2.71. The van der Waals surface area contributed by atoms with Crippen LogP contribution < -0.4 is 0 Å². The summed E-state index contributed by atoms with van der Waals surface area (Å²) in [7, 11) is 0. The Labute approximate surface area is 69.0 Å². The van der Waals surface area contributed by atoms with Crippen molar-refractivity contribution < 1.29 is 0 Å². The van der Waals surface area contributed by atoms with Crippen molar-refractivity contribution in [2.45, 2.75) is 0 Å². The van der Waals surface area contributed by atoms with Crippen LogP contribution in [0.4, 0.5) is 0 Å². The minimum atomic E-state index is 1.07. The van der Waals surface area contributed by atoms with Gasteiger partial charge in [0.25, 0.3) is 0 Å². The lowest BCUT2D eigenvalue weighted by Gasteiger charge is -1.79. The van der Waals surface area contributed by atoms with Crippen molar-refractivity contribution >= 4 is 28.8 Å². The molecule has 0 amide bonds. The molecule has 0 heterocycles. The molecule has 0 saturated carbocycles. The predicted molar refractivity (Wildman–Crippen MR) is 51.0 cm³/mol. The van der Waals surface area contributed by atoms with E-state index in [0.717, 1.165) is 3.58 Å². The van der Waals surface area contributed by atoms with Crippen molar-refractivity contribution in [3.63, 3.8) is 0 Å². The molecule has 0 aromatic heterocycles. The highest BCUT2D eigenvalue weighted by Gasteiger charge is 1.74. The van der Waals surface area contributed by atoms with Gasteiger partial charge in [0.05, 0.1) is 0 Å². The fourth-order valence-electron chi connectivity index (χ4n) is 0.243. The van der Waals surface area contributed by atoms with E-state index in [9.17, 15) is 0 Å². The van der Waals surface area contributed by atoms with Gasteiger partial charge >= 0.3 is 0 Å². The van der Waals surface area contributed by atoms with Crippen LogP contribution in [0.15, 0.2) is 40.1 Å². The highest BCUT2D eigenvalue weighted by molar-refractivity contribution is 14.1. The molecule has 0 bridgehead atoms.